The van der Waals surface area contributed by atoms with Gasteiger partial charge in [0.05, 0.1) is 5.92 Å². The lowest BCUT2D eigenvalue weighted by molar-refractivity contribution is -0.143. The molecular weight excluding hydrogens is 234 g/mol. The smallest absolute Gasteiger partial charge is 0.407 e. The molecule has 0 aromatic carbocycles. The molecule has 0 heterocycles. The minimum Gasteiger partial charge on any atom is -0.481 e. The van der Waals surface area contributed by atoms with Crippen molar-refractivity contribution in [2.24, 2.45) is 17.8 Å². The Labute approximate surface area is 107 Å². The minimum absolute atomic E-state index is 0.0419. The number of carboxylic acid groups (broad SMARTS) is 1. The van der Waals surface area contributed by atoms with Crippen molar-refractivity contribution in [3.8, 4) is 0 Å². The maximum absolute atomic E-state index is 11.7. The third-order valence-electron chi connectivity index (χ3n) is 3.83. The molecule has 0 unspecified atom stereocenters. The molecule has 1 amide bonds. The highest BCUT2D eigenvalue weighted by Gasteiger charge is 2.49. The quantitative estimate of drug-likeness (QED) is 0.791. The van der Waals surface area contributed by atoms with Gasteiger partial charge in [0.2, 0.25) is 0 Å². The Balaban J connectivity index is 1.92. The van der Waals surface area contributed by atoms with Crippen LogP contribution in [0.25, 0.3) is 0 Å². The molecule has 2 bridgehead atoms. The topological polar surface area (TPSA) is 75.6 Å². The van der Waals surface area contributed by atoms with Gasteiger partial charge in [0.25, 0.3) is 0 Å². The molecule has 0 aliphatic heterocycles. The van der Waals surface area contributed by atoms with E-state index in [9.17, 15) is 9.59 Å². The summed E-state index contributed by atoms with van der Waals surface area (Å²) in [6.45, 7) is 5.44. The first-order valence-electron chi connectivity index (χ1n) is 6.48. The Morgan fingerprint density at radius 2 is 1.89 bits per heavy atom. The number of alkyl carbamates (subject to hydrolysis) is 1. The molecule has 2 N–H and O–H groups in total. The molecule has 2 aliphatic rings. The number of hydrogen-bond donors (Lipinski definition) is 2. The van der Waals surface area contributed by atoms with Gasteiger partial charge in [-0.15, -0.1) is 0 Å². The normalized spacial score (nSPS) is 34.4. The number of nitrogens with one attached hydrogen (secondary N) is 1. The maximum atomic E-state index is 11.7. The Kier molecular flexibility index (Phi) is 3.25. The van der Waals surface area contributed by atoms with Crippen LogP contribution in [0.3, 0.4) is 0 Å². The van der Waals surface area contributed by atoms with Crippen LogP contribution in [0.4, 0.5) is 4.79 Å². The van der Waals surface area contributed by atoms with E-state index in [1.54, 1.807) is 0 Å². The first-order chi connectivity index (χ1) is 8.26. The summed E-state index contributed by atoms with van der Waals surface area (Å²) in [6, 6.07) is -0.0419. The number of carbonyl (C=O) groups is 2. The molecule has 4 atom stereocenters. The summed E-state index contributed by atoms with van der Waals surface area (Å²) in [6.07, 6.45) is 2.11. The van der Waals surface area contributed by atoms with Crippen LogP contribution in [0, 0.1) is 17.8 Å². The zero-order chi connectivity index (χ0) is 13.5. The van der Waals surface area contributed by atoms with E-state index in [2.05, 4.69) is 5.32 Å². The van der Waals surface area contributed by atoms with E-state index >= 15 is 0 Å². The average Bonchev–Trinajstić information content (AvgIpc) is 2.72. The van der Waals surface area contributed by atoms with Gasteiger partial charge >= 0.3 is 12.1 Å². The summed E-state index contributed by atoms with van der Waals surface area (Å²) < 4.78 is 5.21. The Morgan fingerprint density at radius 3 is 2.39 bits per heavy atom. The second kappa shape index (κ2) is 4.44. The summed E-state index contributed by atoms with van der Waals surface area (Å²) in [5.74, 6) is -0.530. The Hall–Kier alpha value is -1.26. The van der Waals surface area contributed by atoms with E-state index in [0.717, 1.165) is 19.3 Å². The van der Waals surface area contributed by atoms with Crippen molar-refractivity contribution in [3.63, 3.8) is 0 Å². The number of carboxylic acids is 1. The molecule has 0 saturated heterocycles. The van der Waals surface area contributed by atoms with Crippen LogP contribution >= 0.6 is 0 Å². The highest BCUT2D eigenvalue weighted by Crippen LogP contribution is 2.48. The maximum Gasteiger partial charge on any atom is 0.407 e. The summed E-state index contributed by atoms with van der Waals surface area (Å²) in [5.41, 5.74) is -0.520. The van der Waals surface area contributed by atoms with Crippen LogP contribution in [0.2, 0.25) is 0 Å². The Morgan fingerprint density at radius 1 is 1.22 bits per heavy atom. The van der Waals surface area contributed by atoms with Crippen molar-refractivity contribution in [2.45, 2.75) is 51.7 Å². The molecule has 0 radical (unpaired) electrons. The van der Waals surface area contributed by atoms with E-state index in [4.69, 9.17) is 9.84 Å². The van der Waals surface area contributed by atoms with E-state index in [1.165, 1.54) is 0 Å². The molecule has 2 aliphatic carbocycles. The van der Waals surface area contributed by atoms with Crippen LogP contribution < -0.4 is 5.32 Å². The fraction of sp³-hybridized carbons (Fsp3) is 0.846. The van der Waals surface area contributed by atoms with Gasteiger partial charge < -0.3 is 15.2 Å². The highest BCUT2D eigenvalue weighted by atomic mass is 16.6. The standard InChI is InChI=1S/C13H21NO4/c1-13(2,3)18-12(17)14-10-6-7-4-8(10)9(5-7)11(15)16/h7-10H,4-6H2,1-3H3,(H,14,17)(H,15,16)/t7-,8+,9+,10+/m0/s1. The van der Waals surface area contributed by atoms with Gasteiger partial charge in [-0.2, -0.15) is 0 Å². The number of rotatable bonds is 2. The van der Waals surface area contributed by atoms with Crippen LogP contribution in [-0.2, 0) is 9.53 Å². The SMILES string of the molecule is CC(C)(C)OC(=O)N[C@@H]1C[C@H]2C[C@@H]1[C@H](C(=O)O)C2. The van der Waals surface area contributed by atoms with Gasteiger partial charge in [0.15, 0.2) is 0 Å². The molecule has 2 fully saturated rings. The fourth-order valence-corrected chi connectivity index (χ4v) is 3.26. The van der Waals surface area contributed by atoms with Gasteiger partial charge in [0.1, 0.15) is 5.60 Å². The van der Waals surface area contributed by atoms with Gasteiger partial charge in [-0.1, -0.05) is 0 Å². The monoisotopic (exact) mass is 255 g/mol. The molecular formula is C13H21NO4. The second-order valence-corrected chi connectivity index (χ2v) is 6.43. The van der Waals surface area contributed by atoms with E-state index in [1.807, 2.05) is 20.8 Å². The highest BCUT2D eigenvalue weighted by molar-refractivity contribution is 5.72. The van der Waals surface area contributed by atoms with Gasteiger partial charge in [-0.05, 0) is 51.9 Å². The first kappa shape index (κ1) is 13.2. The fourth-order valence-electron chi connectivity index (χ4n) is 3.26. The number of aliphatic carboxylic acids is 1. The molecule has 18 heavy (non-hydrogen) atoms. The lowest BCUT2D eigenvalue weighted by Crippen LogP contribution is -2.44. The number of amides is 1. The van der Waals surface area contributed by atoms with Crippen molar-refractivity contribution in [1.82, 2.24) is 5.32 Å². The molecule has 0 aromatic heterocycles. The van der Waals surface area contributed by atoms with Crippen molar-refractivity contribution in [3.05, 3.63) is 0 Å². The van der Waals surface area contributed by atoms with Crippen LogP contribution in [0.15, 0.2) is 0 Å². The number of carbonyl (C=O) groups excluding carboxylic acids is 1. The van der Waals surface area contributed by atoms with Crippen molar-refractivity contribution >= 4 is 12.1 Å². The molecule has 5 heteroatoms. The first-order valence-corrected chi connectivity index (χ1v) is 6.48. The molecule has 2 rings (SSSR count). The predicted octanol–water partition coefficient (Wildman–Crippen LogP) is 2.01. The molecule has 0 spiro atoms. The summed E-state index contributed by atoms with van der Waals surface area (Å²) in [4.78, 5) is 22.8. The summed E-state index contributed by atoms with van der Waals surface area (Å²) in [5, 5.41) is 12.0. The van der Waals surface area contributed by atoms with Gasteiger partial charge in [0, 0.05) is 6.04 Å². The van der Waals surface area contributed by atoms with Crippen LogP contribution in [-0.4, -0.2) is 28.8 Å². The van der Waals surface area contributed by atoms with Crippen molar-refractivity contribution < 1.29 is 19.4 Å². The van der Waals surface area contributed by atoms with Crippen molar-refractivity contribution in [1.29, 1.82) is 0 Å². The number of fused-ring (bicyclic) bond motifs is 2. The lowest BCUT2D eigenvalue weighted by atomic mass is 9.85. The molecule has 102 valence electrons. The van der Waals surface area contributed by atoms with E-state index < -0.39 is 17.7 Å². The average molecular weight is 255 g/mol. The zero-order valence-electron chi connectivity index (χ0n) is 11.1. The van der Waals surface area contributed by atoms with E-state index in [0.29, 0.717) is 5.92 Å². The summed E-state index contributed by atoms with van der Waals surface area (Å²) >= 11 is 0. The zero-order valence-corrected chi connectivity index (χ0v) is 11.1. The third-order valence-corrected chi connectivity index (χ3v) is 3.83. The lowest BCUT2D eigenvalue weighted by Gasteiger charge is -2.29. The third kappa shape index (κ3) is 2.76. The van der Waals surface area contributed by atoms with Crippen molar-refractivity contribution in [2.75, 3.05) is 0 Å². The Bertz CT molecular complexity index is 360. The number of hydrogen-bond acceptors (Lipinski definition) is 3. The largest absolute Gasteiger partial charge is 0.481 e. The van der Waals surface area contributed by atoms with Gasteiger partial charge in [-0.25, -0.2) is 4.79 Å². The second-order valence-electron chi connectivity index (χ2n) is 6.43. The molecule has 5 nitrogen and oxygen atoms in total. The number of ether oxygens (including phenoxy) is 1. The van der Waals surface area contributed by atoms with Crippen LogP contribution in [0.5, 0.6) is 0 Å². The predicted molar refractivity (Wildman–Crippen MR) is 65.1 cm³/mol. The van der Waals surface area contributed by atoms with E-state index in [-0.39, 0.29) is 17.9 Å². The molecule has 2 saturated carbocycles. The summed E-state index contributed by atoms with van der Waals surface area (Å²) in [7, 11) is 0. The molecule has 0 aromatic rings. The minimum atomic E-state index is -0.738. The van der Waals surface area contributed by atoms with Gasteiger partial charge in [-0.3, -0.25) is 4.79 Å². The van der Waals surface area contributed by atoms with Crippen LogP contribution in [0.1, 0.15) is 40.0 Å².